The quantitative estimate of drug-likeness (QED) is 0.543. The van der Waals surface area contributed by atoms with Gasteiger partial charge in [-0.15, -0.1) is 0 Å². The molecule has 0 amide bonds. The minimum Gasteiger partial charge on any atom is -0.261 e. The van der Waals surface area contributed by atoms with Crippen LogP contribution in [0.15, 0.2) is 12.3 Å². The molecule has 1 aromatic rings. The highest BCUT2D eigenvalue weighted by Crippen LogP contribution is 2.07. The molecule has 1 rings (SSSR count). The lowest BCUT2D eigenvalue weighted by molar-refractivity contribution is 0.829. The lowest BCUT2D eigenvalue weighted by Crippen LogP contribution is -2.14. The van der Waals surface area contributed by atoms with E-state index in [1.807, 2.05) is 19.2 Å². The van der Waals surface area contributed by atoms with E-state index in [9.17, 15) is 0 Å². The molecule has 2 heteroatoms. The molecular formula is C9H12BN. The molecule has 0 fully saturated rings. The minimum atomic E-state index is 0.413. The zero-order valence-electron chi connectivity index (χ0n) is 7.26. The molecule has 1 heterocycles. The first kappa shape index (κ1) is 8.31. The summed E-state index contributed by atoms with van der Waals surface area (Å²) >= 11 is 0. The molecule has 2 radical (unpaired) electrons. The van der Waals surface area contributed by atoms with Crippen molar-refractivity contribution in [1.29, 1.82) is 0 Å². The van der Waals surface area contributed by atoms with Gasteiger partial charge in [-0.2, -0.15) is 0 Å². The highest BCUT2D eigenvalue weighted by atomic mass is 14.7. The number of hydrogen-bond acceptors (Lipinski definition) is 1. The van der Waals surface area contributed by atoms with Crippen molar-refractivity contribution in [2.24, 2.45) is 0 Å². The Labute approximate surface area is 69.3 Å². The van der Waals surface area contributed by atoms with Crippen molar-refractivity contribution in [3.05, 3.63) is 23.5 Å². The third-order valence-electron chi connectivity index (χ3n) is 1.63. The van der Waals surface area contributed by atoms with Gasteiger partial charge >= 0.3 is 0 Å². The van der Waals surface area contributed by atoms with Gasteiger partial charge in [-0.1, -0.05) is 25.4 Å². The SMILES string of the molecule is [B]c1cc(C)cnc1C(C)C. The molecule has 0 saturated carbocycles. The molecule has 0 N–H and O–H groups in total. The highest BCUT2D eigenvalue weighted by Gasteiger charge is 2.02. The molecule has 0 saturated heterocycles. The summed E-state index contributed by atoms with van der Waals surface area (Å²) in [5.41, 5.74) is 2.92. The van der Waals surface area contributed by atoms with E-state index in [4.69, 9.17) is 7.85 Å². The summed E-state index contributed by atoms with van der Waals surface area (Å²) in [7, 11) is 5.76. The van der Waals surface area contributed by atoms with Gasteiger partial charge in [0.05, 0.1) is 0 Å². The first-order valence-electron chi connectivity index (χ1n) is 3.83. The second-order valence-electron chi connectivity index (χ2n) is 3.14. The zero-order chi connectivity index (χ0) is 8.43. The Bertz CT molecular complexity index is 256. The van der Waals surface area contributed by atoms with Crippen molar-refractivity contribution < 1.29 is 0 Å². The monoisotopic (exact) mass is 145 g/mol. The van der Waals surface area contributed by atoms with E-state index in [-0.39, 0.29) is 0 Å². The number of pyridine rings is 1. The number of nitrogens with zero attached hydrogens (tertiary/aromatic N) is 1. The molecule has 1 nitrogen and oxygen atoms in total. The van der Waals surface area contributed by atoms with Gasteiger partial charge in [0.15, 0.2) is 0 Å². The Morgan fingerprint density at radius 3 is 2.55 bits per heavy atom. The van der Waals surface area contributed by atoms with E-state index in [0.29, 0.717) is 5.92 Å². The van der Waals surface area contributed by atoms with Crippen LogP contribution in [0.3, 0.4) is 0 Å². The van der Waals surface area contributed by atoms with Gasteiger partial charge in [0.25, 0.3) is 0 Å². The lowest BCUT2D eigenvalue weighted by atomic mass is 9.89. The lowest BCUT2D eigenvalue weighted by Gasteiger charge is -2.08. The van der Waals surface area contributed by atoms with Crippen LogP contribution >= 0.6 is 0 Å². The maximum absolute atomic E-state index is 5.76. The Hall–Kier alpha value is -0.785. The van der Waals surface area contributed by atoms with E-state index < -0.39 is 0 Å². The summed E-state index contributed by atoms with van der Waals surface area (Å²) < 4.78 is 0. The van der Waals surface area contributed by atoms with Gasteiger partial charge in [0.1, 0.15) is 7.85 Å². The van der Waals surface area contributed by atoms with Crippen molar-refractivity contribution in [1.82, 2.24) is 4.98 Å². The molecule has 1 aromatic heterocycles. The van der Waals surface area contributed by atoms with Gasteiger partial charge < -0.3 is 0 Å². The number of aromatic nitrogens is 1. The van der Waals surface area contributed by atoms with E-state index in [1.54, 1.807) is 0 Å². The Morgan fingerprint density at radius 1 is 1.45 bits per heavy atom. The van der Waals surface area contributed by atoms with Crippen molar-refractivity contribution in [3.8, 4) is 0 Å². The summed E-state index contributed by atoms with van der Waals surface area (Å²) in [6, 6.07) is 1.96. The summed E-state index contributed by atoms with van der Waals surface area (Å²) in [4.78, 5) is 4.25. The Kier molecular flexibility index (Phi) is 2.33. The topological polar surface area (TPSA) is 12.9 Å². The largest absolute Gasteiger partial charge is 0.261 e. The maximum Gasteiger partial charge on any atom is 0.116 e. The maximum atomic E-state index is 5.76. The van der Waals surface area contributed by atoms with Crippen LogP contribution in [0.5, 0.6) is 0 Å². The third-order valence-corrected chi connectivity index (χ3v) is 1.63. The van der Waals surface area contributed by atoms with Gasteiger partial charge in [-0.05, 0) is 18.4 Å². The van der Waals surface area contributed by atoms with Crippen LogP contribution in [0, 0.1) is 6.92 Å². The third kappa shape index (κ3) is 1.82. The molecule has 0 aliphatic carbocycles. The fourth-order valence-electron chi connectivity index (χ4n) is 1.08. The molecule has 0 atom stereocenters. The fourth-order valence-corrected chi connectivity index (χ4v) is 1.08. The van der Waals surface area contributed by atoms with Crippen LogP contribution in [-0.2, 0) is 0 Å². The average Bonchev–Trinajstić information content (AvgIpc) is 1.85. The van der Waals surface area contributed by atoms with Crippen LogP contribution < -0.4 is 5.46 Å². The predicted molar refractivity (Wildman–Crippen MR) is 48.5 cm³/mol. The summed E-state index contributed by atoms with van der Waals surface area (Å²) in [6.45, 7) is 6.18. The van der Waals surface area contributed by atoms with Crippen LogP contribution in [0.2, 0.25) is 0 Å². The molecule has 11 heavy (non-hydrogen) atoms. The molecule has 0 aliphatic rings. The van der Waals surface area contributed by atoms with Gasteiger partial charge in [-0.25, -0.2) is 0 Å². The molecule has 0 aromatic carbocycles. The fraction of sp³-hybridized carbons (Fsp3) is 0.444. The predicted octanol–water partition coefficient (Wildman–Crippen LogP) is 1.31. The zero-order valence-corrected chi connectivity index (χ0v) is 7.26. The van der Waals surface area contributed by atoms with Crippen molar-refractivity contribution in [2.45, 2.75) is 26.7 Å². The molecule has 0 bridgehead atoms. The van der Waals surface area contributed by atoms with Gasteiger partial charge in [0, 0.05) is 11.9 Å². The van der Waals surface area contributed by atoms with E-state index in [2.05, 4.69) is 18.8 Å². The Morgan fingerprint density at radius 2 is 2.09 bits per heavy atom. The Balaban J connectivity index is 3.09. The number of hydrogen-bond donors (Lipinski definition) is 0. The van der Waals surface area contributed by atoms with Gasteiger partial charge in [0.2, 0.25) is 0 Å². The van der Waals surface area contributed by atoms with Gasteiger partial charge in [-0.3, -0.25) is 4.98 Å². The first-order chi connectivity index (χ1) is 5.11. The second-order valence-corrected chi connectivity index (χ2v) is 3.14. The number of aryl methyl sites for hydroxylation is 1. The standard InChI is InChI=1S/C9H12BN/c1-6(2)9-8(10)4-7(3)5-11-9/h4-6H,1-3H3. The highest BCUT2D eigenvalue weighted by molar-refractivity contribution is 6.33. The molecule has 0 unspecified atom stereocenters. The van der Waals surface area contributed by atoms with Crippen molar-refractivity contribution in [2.75, 3.05) is 0 Å². The van der Waals surface area contributed by atoms with Crippen LogP contribution in [0.1, 0.15) is 31.0 Å². The molecular weight excluding hydrogens is 133 g/mol. The normalized spacial score (nSPS) is 10.5. The summed E-state index contributed by atoms with van der Waals surface area (Å²) in [5, 5.41) is 0. The minimum absolute atomic E-state index is 0.413. The molecule has 0 aliphatic heterocycles. The number of rotatable bonds is 1. The molecule has 0 spiro atoms. The van der Waals surface area contributed by atoms with Crippen molar-refractivity contribution >= 4 is 13.3 Å². The van der Waals surface area contributed by atoms with Crippen LogP contribution in [0.4, 0.5) is 0 Å². The average molecular weight is 145 g/mol. The van der Waals surface area contributed by atoms with Crippen molar-refractivity contribution in [3.63, 3.8) is 0 Å². The second kappa shape index (κ2) is 3.08. The molecule has 56 valence electrons. The van der Waals surface area contributed by atoms with E-state index in [1.165, 1.54) is 0 Å². The van der Waals surface area contributed by atoms with E-state index in [0.717, 1.165) is 16.7 Å². The van der Waals surface area contributed by atoms with Crippen LogP contribution in [-0.4, -0.2) is 12.8 Å². The summed E-state index contributed by atoms with van der Waals surface area (Å²) in [6.07, 6.45) is 1.85. The van der Waals surface area contributed by atoms with Crippen LogP contribution in [0.25, 0.3) is 0 Å². The van der Waals surface area contributed by atoms with E-state index >= 15 is 0 Å². The first-order valence-corrected chi connectivity index (χ1v) is 3.83. The summed E-state index contributed by atoms with van der Waals surface area (Å²) in [5.74, 6) is 0.413. The smallest absolute Gasteiger partial charge is 0.116 e.